The molecule has 0 atom stereocenters. The highest BCUT2D eigenvalue weighted by Crippen LogP contribution is 2.42. The number of ether oxygens (including phenoxy) is 1. The van der Waals surface area contributed by atoms with Crippen molar-refractivity contribution >= 4 is 49.0 Å². The Morgan fingerprint density at radius 1 is 1.08 bits per heavy atom. The summed E-state index contributed by atoms with van der Waals surface area (Å²) in [4.78, 5) is 0. The summed E-state index contributed by atoms with van der Waals surface area (Å²) in [6, 6.07) is 11.0. The number of aromatic nitrogens is 1. The Morgan fingerprint density at radius 3 is 2.50 bits per heavy atom. The van der Waals surface area contributed by atoms with Crippen molar-refractivity contribution in [1.82, 2.24) is 4.48 Å². The predicted molar refractivity (Wildman–Crippen MR) is 107 cm³/mol. The molecular weight excluding hydrogens is 469 g/mol. The van der Waals surface area contributed by atoms with Crippen LogP contribution >= 0.6 is 31.9 Å². The lowest BCUT2D eigenvalue weighted by molar-refractivity contribution is -0.358. The minimum absolute atomic E-state index is 0.351. The number of allylic oxidation sites excluding steroid dienone is 2. The van der Waals surface area contributed by atoms with Crippen molar-refractivity contribution in [1.29, 1.82) is 0 Å². The third kappa shape index (κ3) is 2.62. The molecule has 8 heteroatoms. The molecule has 0 aliphatic carbocycles. The van der Waals surface area contributed by atoms with Gasteiger partial charge in [-0.25, -0.2) is 0 Å². The molecule has 2 aromatic rings. The highest BCUT2D eigenvalue weighted by Gasteiger charge is 2.54. The first kappa shape index (κ1) is 17.7. The minimum Gasteiger partial charge on any atom is -0.494 e. The number of benzene rings is 1. The van der Waals surface area contributed by atoms with E-state index in [1.54, 1.807) is 24.3 Å². The molecule has 0 fully saturated rings. The molecule has 4 rings (SSSR count). The van der Waals surface area contributed by atoms with Gasteiger partial charge in [0, 0.05) is 33.8 Å². The van der Waals surface area contributed by atoms with Gasteiger partial charge in [0.05, 0.1) is 16.8 Å². The van der Waals surface area contributed by atoms with Crippen LogP contribution in [-0.4, -0.2) is 27.2 Å². The summed E-state index contributed by atoms with van der Waals surface area (Å²) in [5, 5.41) is 0. The zero-order valence-electron chi connectivity index (χ0n) is 13.9. The maximum absolute atomic E-state index is 15.2. The summed E-state index contributed by atoms with van der Waals surface area (Å²) >= 11 is 6.54. The van der Waals surface area contributed by atoms with Crippen molar-refractivity contribution in [3.8, 4) is 5.75 Å². The molecule has 134 valence electrons. The van der Waals surface area contributed by atoms with E-state index in [4.69, 9.17) is 4.74 Å². The number of halogens is 4. The minimum atomic E-state index is -3.99. The van der Waals surface area contributed by atoms with E-state index in [1.807, 2.05) is 31.2 Å². The third-order valence-corrected chi connectivity index (χ3v) is 5.78. The maximum Gasteiger partial charge on any atom is 0.738 e. The Hall–Kier alpha value is -1.67. The molecular formula is C18H15BBr2F2N2O. The van der Waals surface area contributed by atoms with Crippen LogP contribution < -0.4 is 4.74 Å². The van der Waals surface area contributed by atoms with Gasteiger partial charge in [-0.15, -0.1) is 0 Å². The van der Waals surface area contributed by atoms with Gasteiger partial charge in [-0.1, -0.05) is 19.1 Å². The smallest absolute Gasteiger partial charge is 0.494 e. The molecule has 0 amide bonds. The number of rotatable bonds is 4. The lowest BCUT2D eigenvalue weighted by Crippen LogP contribution is -2.50. The van der Waals surface area contributed by atoms with Gasteiger partial charge < -0.3 is 22.3 Å². The van der Waals surface area contributed by atoms with Gasteiger partial charge >= 0.3 is 6.97 Å². The Morgan fingerprint density at radius 2 is 1.81 bits per heavy atom. The van der Waals surface area contributed by atoms with Gasteiger partial charge in [0.25, 0.3) is 0 Å². The Bertz CT molecular complexity index is 978. The van der Waals surface area contributed by atoms with Gasteiger partial charge in [0.2, 0.25) is 4.62 Å². The first-order valence-electron chi connectivity index (χ1n) is 8.32. The van der Waals surface area contributed by atoms with Crippen LogP contribution in [0.5, 0.6) is 5.75 Å². The third-order valence-electron chi connectivity index (χ3n) is 4.49. The Balaban J connectivity index is 1.90. The Kier molecular flexibility index (Phi) is 4.43. The normalized spacial score (nSPS) is 17.6. The summed E-state index contributed by atoms with van der Waals surface area (Å²) in [5.41, 5.74) is 2.60. The second-order valence-electron chi connectivity index (χ2n) is 6.16. The van der Waals surface area contributed by atoms with Crippen LogP contribution in [0.1, 0.15) is 24.6 Å². The van der Waals surface area contributed by atoms with Crippen LogP contribution in [0, 0.1) is 0 Å². The second kappa shape index (κ2) is 6.49. The number of fused-ring (bicyclic) bond motifs is 2. The summed E-state index contributed by atoms with van der Waals surface area (Å²) < 4.78 is 38.8. The number of nitrogens with zero attached hydrogens (tertiary/aromatic N) is 2. The molecule has 3 heterocycles. The van der Waals surface area contributed by atoms with E-state index in [1.165, 1.54) is 0 Å². The number of hydrogen-bond donors (Lipinski definition) is 0. The van der Waals surface area contributed by atoms with Crippen molar-refractivity contribution in [2.75, 3.05) is 6.61 Å². The first-order chi connectivity index (χ1) is 12.4. The molecule has 0 spiro atoms. The summed E-state index contributed by atoms with van der Waals surface area (Å²) in [7, 11) is 0. The van der Waals surface area contributed by atoms with Crippen LogP contribution in [0.4, 0.5) is 8.63 Å². The quantitative estimate of drug-likeness (QED) is 0.531. The molecule has 1 aromatic heterocycles. The predicted octanol–water partition coefficient (Wildman–Crippen LogP) is 5.41. The highest BCUT2D eigenvalue weighted by molar-refractivity contribution is 9.18. The fraction of sp³-hybridized carbons (Fsp3) is 0.167. The second-order valence-corrected chi connectivity index (χ2v) is 7.78. The fourth-order valence-electron chi connectivity index (χ4n) is 3.37. The molecule has 0 unspecified atom stereocenters. The molecule has 3 nitrogen and oxygen atoms in total. The summed E-state index contributed by atoms with van der Waals surface area (Å²) in [5.74, 6) is 0.773. The lowest BCUT2D eigenvalue weighted by Gasteiger charge is -2.32. The monoisotopic (exact) mass is 482 g/mol. The zero-order chi connectivity index (χ0) is 18.5. The van der Waals surface area contributed by atoms with Crippen LogP contribution in [0.3, 0.4) is 0 Å². The van der Waals surface area contributed by atoms with Crippen molar-refractivity contribution in [2.24, 2.45) is 0 Å². The molecule has 0 radical (unpaired) electrons. The van der Waals surface area contributed by atoms with E-state index in [2.05, 4.69) is 31.9 Å². The zero-order valence-corrected chi connectivity index (χ0v) is 17.1. The molecule has 1 aromatic carbocycles. The molecule has 0 saturated heterocycles. The molecule has 2 aliphatic rings. The van der Waals surface area contributed by atoms with Crippen LogP contribution in [0.2, 0.25) is 0 Å². The van der Waals surface area contributed by atoms with E-state index in [0.29, 0.717) is 27.2 Å². The average Bonchev–Trinajstić information content (AvgIpc) is 3.19. The molecule has 0 bridgehead atoms. The van der Waals surface area contributed by atoms with Crippen LogP contribution in [0.25, 0.3) is 5.57 Å². The van der Waals surface area contributed by atoms with E-state index in [0.717, 1.165) is 32.3 Å². The van der Waals surface area contributed by atoms with Gasteiger partial charge in [0.15, 0.2) is 5.70 Å². The molecule has 26 heavy (non-hydrogen) atoms. The fourth-order valence-corrected chi connectivity index (χ4v) is 4.51. The van der Waals surface area contributed by atoms with Crippen molar-refractivity contribution in [3.05, 3.63) is 70.1 Å². The molecule has 0 N–H and O–H groups in total. The SMILES string of the molecule is CCCOc1ccc(C2=C3C=CC(Br)=[N+]3[B-](F)(F)n3c(Br)ccc32)cc1. The van der Waals surface area contributed by atoms with Crippen LogP contribution in [-0.2, 0) is 0 Å². The van der Waals surface area contributed by atoms with E-state index >= 15 is 8.63 Å². The van der Waals surface area contributed by atoms with Gasteiger partial charge in [0.1, 0.15) is 5.75 Å². The van der Waals surface area contributed by atoms with Gasteiger partial charge in [-0.3, -0.25) is 0 Å². The van der Waals surface area contributed by atoms with Gasteiger partial charge in [-0.2, -0.15) is 0 Å². The highest BCUT2D eigenvalue weighted by atomic mass is 79.9. The summed E-state index contributed by atoms with van der Waals surface area (Å²) in [6.07, 6.45) is 4.31. The molecule has 0 saturated carbocycles. The van der Waals surface area contributed by atoms with Crippen molar-refractivity contribution in [2.45, 2.75) is 13.3 Å². The van der Waals surface area contributed by atoms with Crippen molar-refractivity contribution < 1.29 is 17.9 Å². The van der Waals surface area contributed by atoms with E-state index < -0.39 is 6.97 Å². The number of hydrogen-bond acceptors (Lipinski definition) is 1. The van der Waals surface area contributed by atoms with Gasteiger partial charge in [-0.05, 0) is 52.2 Å². The standard InChI is InChI=1S/C18H15BBr2F2N2O/c1-2-11-26-13-5-3-12(4-6-13)18-14-7-9-16(20)24(14)19(22,23)25-15(18)8-10-17(25)21/h3-10H,2,11H2,1H3. The lowest BCUT2D eigenvalue weighted by atomic mass is 9.86. The largest absolute Gasteiger partial charge is 0.738 e. The van der Waals surface area contributed by atoms with Crippen LogP contribution in [0.15, 0.2) is 58.9 Å². The molecule has 2 aliphatic heterocycles. The average molecular weight is 484 g/mol. The van der Waals surface area contributed by atoms with Crippen molar-refractivity contribution in [3.63, 3.8) is 0 Å². The van der Waals surface area contributed by atoms with E-state index in [9.17, 15) is 0 Å². The maximum atomic E-state index is 15.2. The topological polar surface area (TPSA) is 17.2 Å². The van der Waals surface area contributed by atoms with E-state index in [-0.39, 0.29) is 0 Å². The summed E-state index contributed by atoms with van der Waals surface area (Å²) in [6.45, 7) is -1.29. The Labute approximate surface area is 167 Å². The first-order valence-corrected chi connectivity index (χ1v) is 9.90.